The van der Waals surface area contributed by atoms with Crippen LogP contribution in [-0.4, -0.2) is 41.3 Å². The number of ether oxygens (including phenoxy) is 1. The number of hydrogen-bond donors (Lipinski definition) is 1. The summed E-state index contributed by atoms with van der Waals surface area (Å²) < 4.78 is 6.07. The van der Waals surface area contributed by atoms with Gasteiger partial charge in [-0.1, -0.05) is 24.3 Å². The predicted octanol–water partition coefficient (Wildman–Crippen LogP) is 3.53. The lowest BCUT2D eigenvalue weighted by molar-refractivity contribution is -0.0289. The first-order valence-corrected chi connectivity index (χ1v) is 9.12. The van der Waals surface area contributed by atoms with Gasteiger partial charge in [-0.15, -0.1) is 0 Å². The molecule has 0 amide bonds. The van der Waals surface area contributed by atoms with E-state index in [1.807, 2.05) is 19.2 Å². The number of benzene rings is 1. The van der Waals surface area contributed by atoms with E-state index >= 15 is 0 Å². The third kappa shape index (κ3) is 4.66. The first-order chi connectivity index (χ1) is 12.1. The number of aryl methyl sites for hydroxylation is 1. The minimum atomic E-state index is -0.497. The number of aliphatic hydroxyl groups is 1. The van der Waals surface area contributed by atoms with Gasteiger partial charge in [0.15, 0.2) is 0 Å². The van der Waals surface area contributed by atoms with Crippen LogP contribution in [0.5, 0.6) is 0 Å². The molecule has 25 heavy (non-hydrogen) atoms. The first-order valence-electron chi connectivity index (χ1n) is 9.12. The topological polar surface area (TPSA) is 45.6 Å². The van der Waals surface area contributed by atoms with Crippen molar-refractivity contribution in [2.45, 2.75) is 44.4 Å². The van der Waals surface area contributed by atoms with Gasteiger partial charge < -0.3 is 9.84 Å². The Balaban J connectivity index is 1.51. The average molecular weight is 340 g/mol. The van der Waals surface area contributed by atoms with Crippen molar-refractivity contribution in [3.05, 3.63) is 65.5 Å². The summed E-state index contributed by atoms with van der Waals surface area (Å²) in [7, 11) is 2.03. The molecule has 0 bridgehead atoms. The van der Waals surface area contributed by atoms with Crippen molar-refractivity contribution in [1.29, 1.82) is 0 Å². The lowest BCUT2D eigenvalue weighted by Gasteiger charge is -2.29. The van der Waals surface area contributed by atoms with E-state index in [-0.39, 0.29) is 12.1 Å². The molecule has 1 aromatic carbocycles. The van der Waals surface area contributed by atoms with Crippen molar-refractivity contribution in [3.8, 4) is 0 Å². The molecular weight excluding hydrogens is 312 g/mol. The van der Waals surface area contributed by atoms with Crippen molar-refractivity contribution in [2.75, 3.05) is 20.2 Å². The molecule has 1 aliphatic rings. The Morgan fingerprint density at radius 1 is 1.24 bits per heavy atom. The summed E-state index contributed by atoms with van der Waals surface area (Å²) in [5.74, 6) is 0. The third-order valence-corrected chi connectivity index (χ3v) is 5.15. The van der Waals surface area contributed by atoms with E-state index in [4.69, 9.17) is 4.74 Å². The largest absolute Gasteiger partial charge is 0.389 e. The van der Waals surface area contributed by atoms with Crippen molar-refractivity contribution in [2.24, 2.45) is 0 Å². The molecule has 1 N–H and O–H groups in total. The van der Waals surface area contributed by atoms with Crippen LogP contribution < -0.4 is 0 Å². The normalized spacial score (nSPS) is 19.4. The fraction of sp³-hybridized carbons (Fsp3) is 0.476. The van der Waals surface area contributed by atoms with E-state index in [1.54, 1.807) is 12.4 Å². The fourth-order valence-corrected chi connectivity index (χ4v) is 3.55. The monoisotopic (exact) mass is 340 g/mol. The molecule has 1 heterocycles. The van der Waals surface area contributed by atoms with Crippen molar-refractivity contribution in [1.82, 2.24) is 9.88 Å². The lowest BCUT2D eigenvalue weighted by atomic mass is 9.89. The Morgan fingerprint density at radius 3 is 2.80 bits per heavy atom. The number of likely N-dealkylation sites (N-methyl/N-ethyl adjacent to an activating group) is 1. The van der Waals surface area contributed by atoms with E-state index in [0.29, 0.717) is 13.2 Å². The third-order valence-electron chi connectivity index (χ3n) is 5.15. The number of rotatable bonds is 7. The maximum Gasteiger partial charge on any atom is 0.0900 e. The van der Waals surface area contributed by atoms with Crippen molar-refractivity contribution in [3.63, 3.8) is 0 Å². The van der Waals surface area contributed by atoms with Gasteiger partial charge in [0.05, 0.1) is 18.8 Å². The Labute approximate surface area is 150 Å². The van der Waals surface area contributed by atoms with Crippen LogP contribution in [0, 0.1) is 0 Å². The predicted molar refractivity (Wildman–Crippen MR) is 99.4 cm³/mol. The molecule has 2 aromatic rings. The Kier molecular flexibility index (Phi) is 6.19. The molecule has 3 rings (SSSR count). The number of aliphatic hydroxyl groups excluding tert-OH is 1. The zero-order chi connectivity index (χ0) is 17.6. The Bertz CT molecular complexity index is 662. The molecule has 3 atom stereocenters. The van der Waals surface area contributed by atoms with Gasteiger partial charge in [-0.05, 0) is 62.1 Å². The average Bonchev–Trinajstić information content (AvgIpc) is 2.66. The van der Waals surface area contributed by atoms with Crippen LogP contribution in [0.15, 0.2) is 48.8 Å². The minimum Gasteiger partial charge on any atom is -0.389 e. The zero-order valence-corrected chi connectivity index (χ0v) is 15.1. The molecule has 0 aliphatic heterocycles. The molecule has 0 fully saturated rings. The quantitative estimate of drug-likeness (QED) is 0.837. The maximum atomic E-state index is 10.4. The Hall–Kier alpha value is -1.75. The van der Waals surface area contributed by atoms with Gasteiger partial charge in [0.1, 0.15) is 0 Å². The van der Waals surface area contributed by atoms with Crippen molar-refractivity contribution >= 4 is 0 Å². The molecule has 4 heteroatoms. The van der Waals surface area contributed by atoms with Crippen LogP contribution >= 0.6 is 0 Å². The number of aromatic nitrogens is 1. The van der Waals surface area contributed by atoms with E-state index in [0.717, 1.165) is 19.3 Å². The van der Waals surface area contributed by atoms with Crippen LogP contribution in [0.2, 0.25) is 0 Å². The van der Waals surface area contributed by atoms with Crippen LogP contribution in [0.1, 0.15) is 48.6 Å². The van der Waals surface area contributed by atoms with E-state index < -0.39 is 6.10 Å². The summed E-state index contributed by atoms with van der Waals surface area (Å²) >= 11 is 0. The molecule has 3 unspecified atom stereocenters. The highest BCUT2D eigenvalue weighted by molar-refractivity contribution is 5.31. The van der Waals surface area contributed by atoms with Gasteiger partial charge in [-0.2, -0.15) is 0 Å². The van der Waals surface area contributed by atoms with Crippen molar-refractivity contribution < 1.29 is 9.84 Å². The highest BCUT2D eigenvalue weighted by Gasteiger charge is 2.22. The molecule has 0 spiro atoms. The number of fused-ring (bicyclic) bond motifs is 1. The molecule has 4 nitrogen and oxygen atoms in total. The van der Waals surface area contributed by atoms with Gasteiger partial charge in [0.2, 0.25) is 0 Å². The van der Waals surface area contributed by atoms with E-state index in [1.165, 1.54) is 16.7 Å². The Morgan fingerprint density at radius 2 is 2.00 bits per heavy atom. The van der Waals surface area contributed by atoms with Crippen LogP contribution in [0.3, 0.4) is 0 Å². The van der Waals surface area contributed by atoms with Gasteiger partial charge >= 0.3 is 0 Å². The first kappa shape index (κ1) is 18.1. The minimum absolute atomic E-state index is 0.113. The van der Waals surface area contributed by atoms with Crippen LogP contribution in [-0.2, 0) is 11.2 Å². The highest BCUT2D eigenvalue weighted by atomic mass is 16.5. The molecular formula is C21H28N2O2. The SMILES string of the molecule is CC(c1ccncc1)N(C)CC(O)COC1CCCc2ccccc21. The lowest BCUT2D eigenvalue weighted by Crippen LogP contribution is -2.34. The number of hydrogen-bond acceptors (Lipinski definition) is 4. The summed E-state index contributed by atoms with van der Waals surface area (Å²) in [5, 5.41) is 10.4. The summed E-state index contributed by atoms with van der Waals surface area (Å²) in [5.41, 5.74) is 3.88. The molecule has 1 aromatic heterocycles. The summed E-state index contributed by atoms with van der Waals surface area (Å²) in [6, 6.07) is 12.8. The van der Waals surface area contributed by atoms with Gasteiger partial charge in [-0.25, -0.2) is 0 Å². The second-order valence-corrected chi connectivity index (χ2v) is 6.96. The van der Waals surface area contributed by atoms with Gasteiger partial charge in [-0.3, -0.25) is 9.88 Å². The van der Waals surface area contributed by atoms with Crippen LogP contribution in [0.25, 0.3) is 0 Å². The number of nitrogens with zero attached hydrogens (tertiary/aromatic N) is 2. The second-order valence-electron chi connectivity index (χ2n) is 6.96. The fourth-order valence-electron chi connectivity index (χ4n) is 3.55. The van der Waals surface area contributed by atoms with Gasteiger partial charge in [0, 0.05) is 25.0 Å². The number of pyridine rings is 1. The standard InChI is InChI=1S/C21H28N2O2/c1-16(17-10-12-22-13-11-17)23(2)14-19(24)15-25-21-9-5-7-18-6-3-4-8-20(18)21/h3-4,6,8,10-13,16,19,21,24H,5,7,9,14-15H2,1-2H3. The highest BCUT2D eigenvalue weighted by Crippen LogP contribution is 2.32. The van der Waals surface area contributed by atoms with E-state index in [9.17, 15) is 5.11 Å². The van der Waals surface area contributed by atoms with Crippen LogP contribution in [0.4, 0.5) is 0 Å². The molecule has 134 valence electrons. The summed E-state index contributed by atoms with van der Waals surface area (Å²) in [6.07, 6.45) is 6.54. The summed E-state index contributed by atoms with van der Waals surface area (Å²) in [4.78, 5) is 6.21. The second kappa shape index (κ2) is 8.56. The smallest absolute Gasteiger partial charge is 0.0900 e. The summed E-state index contributed by atoms with van der Waals surface area (Å²) in [6.45, 7) is 3.09. The van der Waals surface area contributed by atoms with Gasteiger partial charge in [0.25, 0.3) is 0 Å². The maximum absolute atomic E-state index is 10.4. The molecule has 1 aliphatic carbocycles. The molecule has 0 radical (unpaired) electrons. The molecule has 0 saturated carbocycles. The molecule has 0 saturated heterocycles. The zero-order valence-electron chi connectivity index (χ0n) is 15.1. The van der Waals surface area contributed by atoms with E-state index in [2.05, 4.69) is 41.1 Å².